The lowest BCUT2D eigenvalue weighted by molar-refractivity contribution is -0.469. The van der Waals surface area contributed by atoms with E-state index in [0.717, 1.165) is 18.9 Å². The summed E-state index contributed by atoms with van der Waals surface area (Å²) in [6.45, 7) is -0.543. The molecule has 0 fully saturated rings. The third-order valence-electron chi connectivity index (χ3n) is 1.30. The molecule has 7 heteroatoms. The summed E-state index contributed by atoms with van der Waals surface area (Å²) in [5, 5.41) is 18.8. The van der Waals surface area contributed by atoms with Crippen molar-refractivity contribution < 1.29 is 14.5 Å². The van der Waals surface area contributed by atoms with Crippen LogP contribution in [0.15, 0.2) is 10.5 Å². The summed E-state index contributed by atoms with van der Waals surface area (Å²) >= 11 is 0.989. The van der Waals surface area contributed by atoms with Crippen LogP contribution in [0.25, 0.3) is 0 Å². The molecule has 0 aliphatic carbocycles. The predicted octanol–water partition coefficient (Wildman–Crippen LogP) is 0.577. The number of ether oxygens (including phenoxy) is 1. The van der Waals surface area contributed by atoms with Crippen molar-refractivity contribution in [2.75, 3.05) is 19.9 Å². The molecule has 0 saturated heterocycles. The van der Waals surface area contributed by atoms with Gasteiger partial charge in [0, 0.05) is 4.92 Å². The molecule has 0 saturated carbocycles. The van der Waals surface area contributed by atoms with Gasteiger partial charge in [0.25, 0.3) is 0 Å². The summed E-state index contributed by atoms with van der Waals surface area (Å²) in [5.41, 5.74) is -0.309. The number of nitro groups is 1. The molecule has 0 heterocycles. The number of hydrogen-bond acceptors (Lipinski definition) is 6. The highest BCUT2D eigenvalue weighted by molar-refractivity contribution is 8.02. The van der Waals surface area contributed by atoms with Crippen LogP contribution >= 0.6 is 11.8 Å². The van der Waals surface area contributed by atoms with Gasteiger partial charge in [-0.05, 0) is 6.26 Å². The van der Waals surface area contributed by atoms with Crippen molar-refractivity contribution in [2.45, 2.75) is 0 Å². The van der Waals surface area contributed by atoms with Crippen LogP contribution in [0.4, 0.5) is 0 Å². The van der Waals surface area contributed by atoms with Crippen LogP contribution in [0.3, 0.4) is 0 Å². The van der Waals surface area contributed by atoms with Gasteiger partial charge in [0.1, 0.15) is 6.07 Å². The second-order valence-electron chi connectivity index (χ2n) is 2.10. The zero-order chi connectivity index (χ0) is 11.1. The highest BCUT2D eigenvalue weighted by Crippen LogP contribution is 2.17. The number of methoxy groups -OCH3 is 1. The van der Waals surface area contributed by atoms with Crippen molar-refractivity contribution in [1.82, 2.24) is 0 Å². The maximum absolute atomic E-state index is 11.0. The van der Waals surface area contributed by atoms with E-state index in [1.165, 1.54) is 0 Å². The van der Waals surface area contributed by atoms with E-state index in [1.807, 2.05) is 0 Å². The fourth-order valence-corrected chi connectivity index (χ4v) is 1.25. The van der Waals surface area contributed by atoms with E-state index >= 15 is 0 Å². The zero-order valence-electron chi connectivity index (χ0n) is 7.64. The molecule has 0 aliphatic rings. The molecule has 0 aliphatic heterocycles. The van der Waals surface area contributed by atoms with Crippen LogP contribution in [0, 0.1) is 21.4 Å². The Kier molecular flexibility index (Phi) is 5.33. The van der Waals surface area contributed by atoms with E-state index in [1.54, 1.807) is 12.3 Å². The van der Waals surface area contributed by atoms with Crippen LogP contribution in [-0.4, -0.2) is 30.8 Å². The van der Waals surface area contributed by atoms with Crippen molar-refractivity contribution >= 4 is 17.7 Å². The van der Waals surface area contributed by atoms with Gasteiger partial charge in [-0.3, -0.25) is 10.1 Å². The summed E-state index contributed by atoms with van der Waals surface area (Å²) < 4.78 is 4.31. The SMILES string of the molecule is COC(=O)C(C#N)=C(C[N+](=O)[O-])SC. The molecule has 0 spiro atoms. The average Bonchev–Trinajstić information content (AvgIpc) is 2.16. The van der Waals surface area contributed by atoms with Gasteiger partial charge in [-0.15, -0.1) is 11.8 Å². The molecule has 0 unspecified atom stereocenters. The molecule has 0 amide bonds. The number of esters is 1. The van der Waals surface area contributed by atoms with Gasteiger partial charge >= 0.3 is 5.97 Å². The molecule has 0 atom stereocenters. The Morgan fingerprint density at radius 1 is 1.71 bits per heavy atom. The Morgan fingerprint density at radius 3 is 2.57 bits per heavy atom. The summed E-state index contributed by atoms with van der Waals surface area (Å²) in [6, 6.07) is 1.59. The van der Waals surface area contributed by atoms with Crippen LogP contribution in [0.2, 0.25) is 0 Å². The fraction of sp³-hybridized carbons (Fsp3) is 0.429. The standard InChI is InChI=1S/C7H8N2O4S/c1-13-7(10)5(3-8)6(14-2)4-9(11)12/h4H2,1-2H3. The molecule has 6 nitrogen and oxygen atoms in total. The minimum Gasteiger partial charge on any atom is -0.465 e. The lowest BCUT2D eigenvalue weighted by Gasteiger charge is -2.01. The molecule has 0 aromatic carbocycles. The van der Waals surface area contributed by atoms with E-state index in [0.29, 0.717) is 0 Å². The maximum atomic E-state index is 11.0. The van der Waals surface area contributed by atoms with E-state index in [4.69, 9.17) is 5.26 Å². The molecule has 0 N–H and O–H groups in total. The van der Waals surface area contributed by atoms with Crippen LogP contribution < -0.4 is 0 Å². The molecular weight excluding hydrogens is 208 g/mol. The number of carbonyl (C=O) groups is 1. The lowest BCUT2D eigenvalue weighted by Crippen LogP contribution is -2.10. The second kappa shape index (κ2) is 5.99. The minimum atomic E-state index is -0.848. The maximum Gasteiger partial charge on any atom is 0.349 e. The lowest BCUT2D eigenvalue weighted by atomic mass is 10.3. The monoisotopic (exact) mass is 216 g/mol. The van der Waals surface area contributed by atoms with Gasteiger partial charge < -0.3 is 4.74 Å². The Balaban J connectivity index is 5.03. The molecule has 0 bridgehead atoms. The normalized spacial score (nSPS) is 11.2. The number of thioether (sulfide) groups is 1. The van der Waals surface area contributed by atoms with Crippen LogP contribution in [-0.2, 0) is 9.53 Å². The second-order valence-corrected chi connectivity index (χ2v) is 3.00. The van der Waals surface area contributed by atoms with Gasteiger partial charge in [-0.1, -0.05) is 0 Å². The van der Waals surface area contributed by atoms with Gasteiger partial charge in [0.2, 0.25) is 6.54 Å². The summed E-state index contributed by atoms with van der Waals surface area (Å²) in [7, 11) is 1.11. The molecule has 0 rings (SSSR count). The summed E-state index contributed by atoms with van der Waals surface area (Å²) in [5.74, 6) is -0.848. The Hall–Kier alpha value is -1.55. The molecule has 0 aromatic rings. The number of hydrogen-bond donors (Lipinski definition) is 0. The van der Waals surface area contributed by atoms with E-state index < -0.39 is 17.4 Å². The number of rotatable bonds is 4. The largest absolute Gasteiger partial charge is 0.465 e. The number of nitrogens with zero attached hydrogens (tertiary/aromatic N) is 2. The van der Waals surface area contributed by atoms with Crippen molar-refractivity contribution in [2.24, 2.45) is 0 Å². The van der Waals surface area contributed by atoms with E-state index in [-0.39, 0.29) is 10.5 Å². The average molecular weight is 216 g/mol. The quantitative estimate of drug-likeness (QED) is 0.224. The first-order chi connectivity index (χ1) is 6.56. The third-order valence-corrected chi connectivity index (χ3v) is 2.13. The smallest absolute Gasteiger partial charge is 0.349 e. The summed E-state index contributed by atoms with van der Waals surface area (Å²) in [6.07, 6.45) is 1.55. The Morgan fingerprint density at radius 2 is 2.29 bits per heavy atom. The Bertz CT molecular complexity index is 318. The van der Waals surface area contributed by atoms with E-state index in [2.05, 4.69) is 4.74 Å². The molecule has 14 heavy (non-hydrogen) atoms. The Labute approximate surface area is 84.7 Å². The van der Waals surface area contributed by atoms with Crippen LogP contribution in [0.5, 0.6) is 0 Å². The molecule has 76 valence electrons. The first-order valence-electron chi connectivity index (χ1n) is 3.44. The van der Waals surface area contributed by atoms with Gasteiger partial charge in [0.15, 0.2) is 5.57 Å². The topological polar surface area (TPSA) is 93.2 Å². The molecular formula is C7H8N2O4S. The van der Waals surface area contributed by atoms with Crippen molar-refractivity contribution in [3.63, 3.8) is 0 Å². The number of carbonyl (C=O) groups excluding carboxylic acids is 1. The molecule has 0 aromatic heterocycles. The highest BCUT2D eigenvalue weighted by atomic mass is 32.2. The van der Waals surface area contributed by atoms with E-state index in [9.17, 15) is 14.9 Å². The first kappa shape index (κ1) is 12.4. The fourth-order valence-electron chi connectivity index (χ4n) is 0.687. The zero-order valence-corrected chi connectivity index (χ0v) is 8.46. The van der Waals surface area contributed by atoms with Crippen molar-refractivity contribution in [1.29, 1.82) is 5.26 Å². The van der Waals surface area contributed by atoms with Crippen molar-refractivity contribution in [3.8, 4) is 6.07 Å². The molecule has 0 radical (unpaired) electrons. The summed E-state index contributed by atoms with van der Waals surface area (Å²) in [4.78, 5) is 20.7. The minimum absolute atomic E-state index is 0.101. The highest BCUT2D eigenvalue weighted by Gasteiger charge is 2.18. The van der Waals surface area contributed by atoms with Crippen LogP contribution in [0.1, 0.15) is 0 Å². The predicted molar refractivity (Wildman–Crippen MR) is 50.0 cm³/mol. The van der Waals surface area contributed by atoms with Gasteiger partial charge in [0.05, 0.1) is 12.0 Å². The van der Waals surface area contributed by atoms with Gasteiger partial charge in [-0.25, -0.2) is 4.79 Å². The third kappa shape index (κ3) is 3.45. The van der Waals surface area contributed by atoms with Gasteiger partial charge in [-0.2, -0.15) is 5.26 Å². The number of nitriles is 1. The first-order valence-corrected chi connectivity index (χ1v) is 4.66. The van der Waals surface area contributed by atoms with Crippen molar-refractivity contribution in [3.05, 3.63) is 20.6 Å².